The second-order valence-electron chi connectivity index (χ2n) is 5.35. The van der Waals surface area contributed by atoms with Gasteiger partial charge >= 0.3 is 6.09 Å². The fourth-order valence-corrected chi connectivity index (χ4v) is 2.73. The van der Waals surface area contributed by atoms with Crippen LogP contribution in [0.4, 0.5) is 10.5 Å². The van der Waals surface area contributed by atoms with Crippen LogP contribution in [0.25, 0.3) is 0 Å². The highest BCUT2D eigenvalue weighted by atomic mass is 35.5. The van der Waals surface area contributed by atoms with Crippen molar-refractivity contribution in [3.05, 3.63) is 63.1 Å². The van der Waals surface area contributed by atoms with Crippen molar-refractivity contribution in [2.45, 2.75) is 6.42 Å². The van der Waals surface area contributed by atoms with Crippen molar-refractivity contribution >= 4 is 58.2 Å². The first-order valence-electron chi connectivity index (χ1n) is 8.20. The summed E-state index contributed by atoms with van der Waals surface area (Å²) in [4.78, 5) is 11.7. The van der Waals surface area contributed by atoms with E-state index in [9.17, 15) is 4.79 Å². The highest BCUT2D eigenvalue weighted by Gasteiger charge is 2.11. The molecule has 0 spiro atoms. The molecule has 0 bridgehead atoms. The predicted molar refractivity (Wildman–Crippen MR) is 113 cm³/mol. The fourth-order valence-electron chi connectivity index (χ4n) is 2.03. The van der Waals surface area contributed by atoms with E-state index in [1.165, 1.54) is 6.08 Å². The van der Waals surface area contributed by atoms with Crippen LogP contribution in [0, 0.1) is 0 Å². The summed E-state index contributed by atoms with van der Waals surface area (Å²) < 4.78 is 16.2. The lowest BCUT2D eigenvalue weighted by Gasteiger charge is -2.12. The zero-order valence-corrected chi connectivity index (χ0v) is 17.6. The number of anilines is 1. The van der Waals surface area contributed by atoms with Crippen molar-refractivity contribution < 1.29 is 19.0 Å². The van der Waals surface area contributed by atoms with Gasteiger partial charge in [0, 0.05) is 24.2 Å². The zero-order valence-electron chi connectivity index (χ0n) is 14.6. The van der Waals surface area contributed by atoms with Gasteiger partial charge in [0.05, 0.1) is 23.3 Å². The molecule has 0 saturated heterocycles. The van der Waals surface area contributed by atoms with Crippen LogP contribution < -0.4 is 14.8 Å². The first-order valence-corrected chi connectivity index (χ1v) is 9.71. The average Bonchev–Trinajstić information content (AvgIpc) is 2.64. The van der Waals surface area contributed by atoms with Gasteiger partial charge in [-0.2, -0.15) is 0 Å². The van der Waals surface area contributed by atoms with Crippen LogP contribution in [-0.4, -0.2) is 25.9 Å². The molecule has 2 aromatic rings. The number of hydrogen-bond donors (Lipinski definition) is 1. The Balaban J connectivity index is 1.73. The number of rotatable bonds is 9. The molecule has 2 rings (SSSR count). The van der Waals surface area contributed by atoms with E-state index in [1.54, 1.807) is 24.3 Å². The molecule has 0 atom stereocenters. The van der Waals surface area contributed by atoms with Crippen LogP contribution >= 0.6 is 46.4 Å². The Morgan fingerprint density at radius 1 is 1.00 bits per heavy atom. The Kier molecular flexibility index (Phi) is 9.58. The Hall–Kier alpha value is -1.79. The van der Waals surface area contributed by atoms with Gasteiger partial charge in [0.2, 0.25) is 0 Å². The smallest absolute Gasteiger partial charge is 0.411 e. The minimum atomic E-state index is -0.533. The molecular formula is C19H17Cl4NO4. The molecular weight excluding hydrogens is 448 g/mol. The summed E-state index contributed by atoms with van der Waals surface area (Å²) in [5, 5.41) is 3.21. The van der Waals surface area contributed by atoms with E-state index in [0.717, 1.165) is 0 Å². The van der Waals surface area contributed by atoms with Crippen molar-refractivity contribution in [2.24, 2.45) is 0 Å². The fraction of sp³-hybridized carbons (Fsp3) is 0.211. The molecule has 0 heterocycles. The molecule has 1 N–H and O–H groups in total. The van der Waals surface area contributed by atoms with Crippen LogP contribution in [-0.2, 0) is 4.74 Å². The highest BCUT2D eigenvalue weighted by molar-refractivity contribution is 6.55. The summed E-state index contributed by atoms with van der Waals surface area (Å²) in [6, 6.07) is 12.2. The predicted octanol–water partition coefficient (Wildman–Crippen LogP) is 6.71. The molecule has 0 radical (unpaired) electrons. The summed E-state index contributed by atoms with van der Waals surface area (Å²) in [7, 11) is 0. The van der Waals surface area contributed by atoms with Crippen molar-refractivity contribution in [2.75, 3.05) is 25.1 Å². The molecule has 0 aromatic heterocycles. The standard InChI is InChI=1S/C19H17Cl4NO4/c20-15-11-14(26-10-7-17(22)23)12-16(21)18(15)27-8-4-9-28-19(25)24-13-5-2-1-3-6-13/h1-3,5-7,11-12H,4,8-10H2,(H,24,25). The van der Waals surface area contributed by atoms with Gasteiger partial charge in [-0.25, -0.2) is 4.79 Å². The lowest BCUT2D eigenvalue weighted by Crippen LogP contribution is -2.15. The number of ether oxygens (including phenoxy) is 3. The molecule has 0 aliphatic carbocycles. The van der Waals surface area contributed by atoms with E-state index in [0.29, 0.717) is 33.7 Å². The van der Waals surface area contributed by atoms with Gasteiger partial charge in [0.1, 0.15) is 16.8 Å². The summed E-state index contributed by atoms with van der Waals surface area (Å²) in [6.07, 6.45) is 1.42. The van der Waals surface area contributed by atoms with Gasteiger partial charge in [0.25, 0.3) is 0 Å². The first-order chi connectivity index (χ1) is 13.5. The maximum atomic E-state index is 11.7. The molecule has 9 heteroatoms. The van der Waals surface area contributed by atoms with Gasteiger partial charge in [-0.05, 0) is 18.2 Å². The van der Waals surface area contributed by atoms with Crippen molar-refractivity contribution in [3.63, 3.8) is 0 Å². The number of benzene rings is 2. The van der Waals surface area contributed by atoms with E-state index in [2.05, 4.69) is 5.32 Å². The number of halogens is 4. The Morgan fingerprint density at radius 3 is 2.32 bits per heavy atom. The second-order valence-corrected chi connectivity index (χ2v) is 7.17. The van der Waals surface area contributed by atoms with Crippen molar-refractivity contribution in [1.29, 1.82) is 0 Å². The molecule has 2 aromatic carbocycles. The second kappa shape index (κ2) is 11.9. The topological polar surface area (TPSA) is 56.8 Å². The van der Waals surface area contributed by atoms with Gasteiger partial charge in [-0.3, -0.25) is 5.32 Å². The monoisotopic (exact) mass is 463 g/mol. The Labute approximate surface area is 183 Å². The number of carbonyl (C=O) groups is 1. The van der Waals surface area contributed by atoms with Crippen LogP contribution in [0.2, 0.25) is 10.0 Å². The van der Waals surface area contributed by atoms with Gasteiger partial charge in [-0.15, -0.1) is 0 Å². The average molecular weight is 465 g/mol. The van der Waals surface area contributed by atoms with Crippen molar-refractivity contribution in [3.8, 4) is 11.5 Å². The van der Waals surface area contributed by atoms with Gasteiger partial charge in [-0.1, -0.05) is 64.6 Å². The van der Waals surface area contributed by atoms with Crippen LogP contribution in [0.5, 0.6) is 11.5 Å². The lowest BCUT2D eigenvalue weighted by molar-refractivity contribution is 0.152. The summed E-state index contributed by atoms with van der Waals surface area (Å²) in [6.45, 7) is 0.626. The first kappa shape index (κ1) is 22.5. The molecule has 5 nitrogen and oxygen atoms in total. The molecule has 0 fully saturated rings. The maximum Gasteiger partial charge on any atom is 0.411 e. The Bertz CT molecular complexity index is 788. The molecule has 0 unspecified atom stereocenters. The SMILES string of the molecule is O=C(Nc1ccccc1)OCCCOc1c(Cl)cc(OCC=C(Cl)Cl)cc1Cl. The number of para-hydroxylation sites is 1. The number of amides is 1. The third-order valence-corrected chi connectivity index (χ3v) is 4.12. The molecule has 0 saturated carbocycles. The molecule has 150 valence electrons. The molecule has 0 aliphatic rings. The van der Waals surface area contributed by atoms with E-state index in [-0.39, 0.29) is 24.3 Å². The van der Waals surface area contributed by atoms with Crippen LogP contribution in [0.1, 0.15) is 6.42 Å². The summed E-state index contributed by atoms with van der Waals surface area (Å²) in [5.74, 6) is 0.782. The third kappa shape index (κ3) is 8.07. The van der Waals surface area contributed by atoms with E-state index in [1.807, 2.05) is 18.2 Å². The minimum Gasteiger partial charge on any atom is -0.490 e. The Morgan fingerprint density at radius 2 is 1.68 bits per heavy atom. The van der Waals surface area contributed by atoms with E-state index in [4.69, 9.17) is 60.6 Å². The van der Waals surface area contributed by atoms with Crippen LogP contribution in [0.15, 0.2) is 53.0 Å². The highest BCUT2D eigenvalue weighted by Crippen LogP contribution is 2.37. The summed E-state index contributed by atoms with van der Waals surface area (Å²) in [5.41, 5.74) is 0.661. The zero-order chi connectivity index (χ0) is 20.4. The van der Waals surface area contributed by atoms with E-state index < -0.39 is 6.09 Å². The minimum absolute atomic E-state index is 0.108. The van der Waals surface area contributed by atoms with Crippen molar-refractivity contribution in [1.82, 2.24) is 0 Å². The molecule has 1 amide bonds. The number of nitrogens with one attached hydrogen (secondary N) is 1. The van der Waals surface area contributed by atoms with E-state index >= 15 is 0 Å². The van der Waals surface area contributed by atoms with Gasteiger partial charge < -0.3 is 14.2 Å². The summed E-state index contributed by atoms with van der Waals surface area (Å²) >= 11 is 23.4. The number of carbonyl (C=O) groups excluding carboxylic acids is 1. The lowest BCUT2D eigenvalue weighted by atomic mass is 10.3. The largest absolute Gasteiger partial charge is 0.490 e. The molecule has 0 aliphatic heterocycles. The van der Waals surface area contributed by atoms with Gasteiger partial charge in [0.15, 0.2) is 5.75 Å². The quantitative estimate of drug-likeness (QED) is 0.419. The number of hydrogen-bond acceptors (Lipinski definition) is 4. The molecule has 28 heavy (non-hydrogen) atoms. The third-order valence-electron chi connectivity index (χ3n) is 3.25. The van der Waals surface area contributed by atoms with Crippen LogP contribution in [0.3, 0.4) is 0 Å². The normalized spacial score (nSPS) is 10.1. The maximum absolute atomic E-state index is 11.7.